The van der Waals surface area contributed by atoms with Crippen LogP contribution in [0.2, 0.25) is 0 Å². The van der Waals surface area contributed by atoms with Crippen molar-refractivity contribution in [3.63, 3.8) is 0 Å². The molecule has 0 bridgehead atoms. The largest absolute Gasteiger partial charge is 0.507 e. The number of halogens is 1. The molecule has 0 saturated heterocycles. The molecule has 2 aromatic carbocycles. The molecule has 0 aliphatic carbocycles. The van der Waals surface area contributed by atoms with E-state index in [4.69, 9.17) is 5.73 Å². The first kappa shape index (κ1) is 26.6. The molecule has 3 aromatic rings. The molecular weight excluding hydrogens is 500 g/mol. The number of allylic oxidation sites excluding steroid dienone is 2. The number of aryl methyl sites for hydroxylation is 1. The molecule has 1 heterocycles. The Balaban J connectivity index is 1.75. The Labute approximate surface area is 217 Å². The number of para-hydroxylation sites is 2. The summed E-state index contributed by atoms with van der Waals surface area (Å²) in [5, 5.41) is 18.5. The SMILES string of the molecule is C=C(/C=C(/NCC(CCCC)CCCc1ccccc1N)n1ncc(Br)c1C)c1ccccc1O. The molecule has 0 saturated carbocycles. The van der Waals surface area contributed by atoms with Gasteiger partial charge in [0.1, 0.15) is 11.6 Å². The van der Waals surface area contributed by atoms with Gasteiger partial charge in [-0.15, -0.1) is 0 Å². The van der Waals surface area contributed by atoms with Gasteiger partial charge in [0.05, 0.1) is 16.4 Å². The Hall–Kier alpha value is -2.99. The van der Waals surface area contributed by atoms with Crippen molar-refractivity contribution in [3.8, 4) is 5.75 Å². The van der Waals surface area contributed by atoms with Crippen LogP contribution in [0, 0.1) is 12.8 Å². The second-order valence-corrected chi connectivity index (χ2v) is 9.90. The normalized spacial score (nSPS) is 12.5. The van der Waals surface area contributed by atoms with E-state index in [2.05, 4.69) is 52.0 Å². The molecule has 35 heavy (non-hydrogen) atoms. The van der Waals surface area contributed by atoms with Crippen LogP contribution in [0.25, 0.3) is 11.4 Å². The van der Waals surface area contributed by atoms with Crippen molar-refractivity contribution in [1.29, 1.82) is 0 Å². The molecule has 3 rings (SSSR count). The highest BCUT2D eigenvalue weighted by Gasteiger charge is 2.14. The summed E-state index contributed by atoms with van der Waals surface area (Å²) in [4.78, 5) is 0. The summed E-state index contributed by atoms with van der Waals surface area (Å²) in [7, 11) is 0. The van der Waals surface area contributed by atoms with Crippen LogP contribution in [0.15, 0.2) is 71.9 Å². The van der Waals surface area contributed by atoms with Crippen molar-refractivity contribution >= 4 is 33.0 Å². The Morgan fingerprint density at radius 1 is 1.17 bits per heavy atom. The Morgan fingerprint density at radius 3 is 2.57 bits per heavy atom. The van der Waals surface area contributed by atoms with Gasteiger partial charge in [0.2, 0.25) is 0 Å². The molecule has 0 aliphatic heterocycles. The maximum atomic E-state index is 10.3. The van der Waals surface area contributed by atoms with Crippen LogP contribution >= 0.6 is 15.9 Å². The molecule has 0 fully saturated rings. The maximum Gasteiger partial charge on any atom is 0.128 e. The van der Waals surface area contributed by atoms with Crippen molar-refractivity contribution in [2.24, 2.45) is 5.92 Å². The van der Waals surface area contributed by atoms with Gasteiger partial charge in [0.15, 0.2) is 0 Å². The van der Waals surface area contributed by atoms with Crippen LogP contribution in [0.1, 0.15) is 55.8 Å². The number of benzene rings is 2. The van der Waals surface area contributed by atoms with E-state index in [1.54, 1.807) is 12.3 Å². The van der Waals surface area contributed by atoms with Crippen LogP contribution in [0.5, 0.6) is 5.75 Å². The summed E-state index contributed by atoms with van der Waals surface area (Å²) in [5.74, 6) is 1.59. The Morgan fingerprint density at radius 2 is 1.89 bits per heavy atom. The first-order valence-corrected chi connectivity index (χ1v) is 13.2. The van der Waals surface area contributed by atoms with E-state index in [1.807, 2.05) is 48.0 Å². The molecule has 1 unspecified atom stereocenters. The van der Waals surface area contributed by atoms with Crippen LogP contribution in [-0.2, 0) is 6.42 Å². The van der Waals surface area contributed by atoms with Crippen LogP contribution in [0.4, 0.5) is 5.69 Å². The summed E-state index contributed by atoms with van der Waals surface area (Å²) in [6.45, 7) is 9.31. The average molecular weight is 538 g/mol. The smallest absolute Gasteiger partial charge is 0.128 e. The minimum Gasteiger partial charge on any atom is -0.507 e. The summed E-state index contributed by atoms with van der Waals surface area (Å²) >= 11 is 3.57. The predicted molar refractivity (Wildman–Crippen MR) is 151 cm³/mol. The van der Waals surface area contributed by atoms with Crippen LogP contribution in [-0.4, -0.2) is 21.4 Å². The fraction of sp³-hybridized carbons (Fsp3) is 0.345. The molecule has 0 radical (unpaired) electrons. The van der Waals surface area contributed by atoms with Gasteiger partial charge in [-0.05, 0) is 83.8 Å². The number of aromatic nitrogens is 2. The number of unbranched alkanes of at least 4 members (excludes halogenated alkanes) is 1. The van der Waals surface area contributed by atoms with Crippen molar-refractivity contribution in [2.75, 3.05) is 12.3 Å². The maximum absolute atomic E-state index is 10.3. The lowest BCUT2D eigenvalue weighted by atomic mass is 9.94. The third-order valence-corrected chi connectivity index (χ3v) is 7.17. The third-order valence-electron chi connectivity index (χ3n) is 6.39. The zero-order chi connectivity index (χ0) is 25.2. The molecular formula is C29H37BrN4O. The minimum atomic E-state index is 0.215. The Bertz CT molecular complexity index is 1150. The number of phenolic OH excluding ortho intramolecular Hbond substituents is 1. The van der Waals surface area contributed by atoms with Crippen molar-refractivity contribution in [2.45, 2.75) is 52.4 Å². The number of anilines is 1. The lowest BCUT2D eigenvalue weighted by molar-refractivity contribution is 0.412. The molecule has 5 nitrogen and oxygen atoms in total. The zero-order valence-electron chi connectivity index (χ0n) is 20.8. The van der Waals surface area contributed by atoms with Gasteiger partial charge in [-0.2, -0.15) is 5.10 Å². The van der Waals surface area contributed by atoms with E-state index >= 15 is 0 Å². The van der Waals surface area contributed by atoms with Gasteiger partial charge in [-0.1, -0.05) is 62.7 Å². The van der Waals surface area contributed by atoms with Crippen molar-refractivity contribution in [1.82, 2.24) is 15.1 Å². The first-order chi connectivity index (χ1) is 16.9. The lowest BCUT2D eigenvalue weighted by Crippen LogP contribution is -2.26. The topological polar surface area (TPSA) is 76.1 Å². The van der Waals surface area contributed by atoms with Gasteiger partial charge >= 0.3 is 0 Å². The second kappa shape index (κ2) is 13.2. The van der Waals surface area contributed by atoms with Gasteiger partial charge < -0.3 is 16.2 Å². The van der Waals surface area contributed by atoms with E-state index in [0.717, 1.165) is 53.1 Å². The van der Waals surface area contributed by atoms with E-state index < -0.39 is 0 Å². The standard InChI is InChI=1S/C29H37BrN4O/c1-4-5-11-23(12-10-14-24-13-6-8-16-27(24)31)19-32-29(34-22(3)26(30)20-33-34)18-21(2)25-15-7-9-17-28(25)35/h6-9,13,15-18,20,23,32,35H,2,4-5,10-12,14,19,31H2,1,3H3/b29-18-. The Kier molecular flexibility index (Phi) is 10.0. The van der Waals surface area contributed by atoms with E-state index in [9.17, 15) is 5.11 Å². The summed E-state index contributed by atoms with van der Waals surface area (Å²) in [6.07, 6.45) is 10.5. The number of aromatic hydroxyl groups is 1. The number of hydrogen-bond donors (Lipinski definition) is 3. The highest BCUT2D eigenvalue weighted by atomic mass is 79.9. The minimum absolute atomic E-state index is 0.215. The van der Waals surface area contributed by atoms with Gasteiger partial charge in [-0.25, -0.2) is 4.68 Å². The number of nitrogens with zero attached hydrogens (tertiary/aromatic N) is 2. The van der Waals surface area contributed by atoms with E-state index in [0.29, 0.717) is 11.5 Å². The van der Waals surface area contributed by atoms with Gasteiger partial charge in [-0.3, -0.25) is 0 Å². The van der Waals surface area contributed by atoms with Crippen molar-refractivity contribution in [3.05, 3.63) is 88.7 Å². The molecule has 4 N–H and O–H groups in total. The highest BCUT2D eigenvalue weighted by molar-refractivity contribution is 9.10. The molecule has 0 amide bonds. The number of nitrogens with one attached hydrogen (secondary N) is 1. The van der Waals surface area contributed by atoms with Gasteiger partial charge in [0.25, 0.3) is 0 Å². The summed E-state index contributed by atoms with van der Waals surface area (Å²) < 4.78 is 2.83. The third kappa shape index (κ3) is 7.49. The van der Waals surface area contributed by atoms with Crippen LogP contribution < -0.4 is 11.1 Å². The monoisotopic (exact) mass is 536 g/mol. The highest BCUT2D eigenvalue weighted by Crippen LogP contribution is 2.27. The molecule has 0 spiro atoms. The van der Waals surface area contributed by atoms with E-state index in [1.165, 1.54) is 24.8 Å². The number of hydrogen-bond acceptors (Lipinski definition) is 4. The molecule has 0 aliphatic rings. The average Bonchev–Trinajstić information content (AvgIpc) is 3.18. The van der Waals surface area contributed by atoms with Crippen molar-refractivity contribution < 1.29 is 5.11 Å². The number of rotatable bonds is 13. The quantitative estimate of drug-likeness (QED) is 0.160. The number of phenols is 1. The van der Waals surface area contributed by atoms with Gasteiger partial charge in [0, 0.05) is 17.8 Å². The summed E-state index contributed by atoms with van der Waals surface area (Å²) in [5.41, 5.74) is 10.7. The molecule has 6 heteroatoms. The predicted octanol–water partition coefficient (Wildman–Crippen LogP) is 7.17. The fourth-order valence-corrected chi connectivity index (χ4v) is 4.50. The molecule has 186 valence electrons. The zero-order valence-corrected chi connectivity index (χ0v) is 22.4. The first-order valence-electron chi connectivity index (χ1n) is 12.4. The number of nitrogens with two attached hydrogens (primary N) is 1. The summed E-state index contributed by atoms with van der Waals surface area (Å²) in [6, 6.07) is 15.4. The van der Waals surface area contributed by atoms with Crippen LogP contribution in [0.3, 0.4) is 0 Å². The lowest BCUT2D eigenvalue weighted by Gasteiger charge is -2.21. The second-order valence-electron chi connectivity index (χ2n) is 9.04. The van der Waals surface area contributed by atoms with E-state index in [-0.39, 0.29) is 5.75 Å². The molecule has 1 aromatic heterocycles. The molecule has 1 atom stereocenters. The number of nitrogen functional groups attached to an aromatic ring is 1. The fourth-order valence-electron chi connectivity index (χ4n) is 4.24.